The van der Waals surface area contributed by atoms with Gasteiger partial charge in [-0.1, -0.05) is 48.0 Å². The van der Waals surface area contributed by atoms with Crippen LogP contribution in [0.5, 0.6) is 0 Å². The molecule has 0 aromatic heterocycles. The second kappa shape index (κ2) is 5.65. The van der Waals surface area contributed by atoms with Crippen LogP contribution in [0.1, 0.15) is 32.6 Å². The largest absolute Gasteiger partial charge is 0.445 e. The minimum atomic E-state index is -4.66. The molecule has 2 nitrogen and oxygen atoms in total. The Morgan fingerprint density at radius 3 is 2.42 bits per heavy atom. The van der Waals surface area contributed by atoms with E-state index in [0.29, 0.717) is 16.7 Å². The molecule has 1 unspecified atom stereocenters. The topological polar surface area (TPSA) is 26.3 Å². The average molecular weight is 334 g/mol. The second-order valence-electron chi connectivity index (χ2n) is 6.34. The Labute approximate surface area is 138 Å². The molecule has 0 amide bonds. The highest BCUT2D eigenvalue weighted by Crippen LogP contribution is 2.43. The van der Waals surface area contributed by atoms with E-state index in [1.165, 1.54) is 0 Å². The van der Waals surface area contributed by atoms with Crippen molar-refractivity contribution in [2.75, 3.05) is 0 Å². The molecule has 0 saturated carbocycles. The zero-order chi connectivity index (χ0) is 17.5. The number of benzene rings is 2. The Bertz CT molecular complexity index is 781. The van der Waals surface area contributed by atoms with Gasteiger partial charge in [-0.25, -0.2) is 4.79 Å². The van der Waals surface area contributed by atoms with Crippen molar-refractivity contribution in [1.29, 1.82) is 0 Å². The average Bonchev–Trinajstić information content (AvgIpc) is 2.45. The van der Waals surface area contributed by atoms with Crippen LogP contribution in [-0.2, 0) is 17.6 Å². The highest BCUT2D eigenvalue weighted by molar-refractivity contribution is 5.94. The van der Waals surface area contributed by atoms with Gasteiger partial charge in [0.1, 0.15) is 0 Å². The summed E-state index contributed by atoms with van der Waals surface area (Å²) in [6.45, 7) is 3.52. The Morgan fingerprint density at radius 1 is 1.12 bits per heavy atom. The molecule has 0 spiro atoms. The molecule has 2 aromatic rings. The summed E-state index contributed by atoms with van der Waals surface area (Å²) in [7, 11) is 0. The summed E-state index contributed by atoms with van der Waals surface area (Å²) in [6, 6.07) is 11.7. The first-order chi connectivity index (χ1) is 11.2. The molecule has 2 aromatic carbocycles. The summed E-state index contributed by atoms with van der Waals surface area (Å²) < 4.78 is 46.6. The second-order valence-corrected chi connectivity index (χ2v) is 6.34. The predicted octanol–water partition coefficient (Wildman–Crippen LogP) is 4.56. The highest BCUT2D eigenvalue weighted by atomic mass is 19.4. The quantitative estimate of drug-likeness (QED) is 0.753. The van der Waals surface area contributed by atoms with Crippen LogP contribution in [0.4, 0.5) is 13.2 Å². The molecular weight excluding hydrogens is 317 g/mol. The molecular formula is C19H17F3O2. The van der Waals surface area contributed by atoms with Gasteiger partial charge in [0.2, 0.25) is 5.60 Å². The molecule has 5 heteroatoms. The Kier molecular flexibility index (Phi) is 3.90. The van der Waals surface area contributed by atoms with Crippen LogP contribution in [0, 0.1) is 13.8 Å². The Balaban J connectivity index is 2.10. The molecule has 1 heterocycles. The van der Waals surface area contributed by atoms with E-state index < -0.39 is 24.2 Å². The molecule has 0 N–H and O–H groups in total. The van der Waals surface area contributed by atoms with Gasteiger partial charge in [0.05, 0.1) is 5.56 Å². The van der Waals surface area contributed by atoms with E-state index in [2.05, 4.69) is 0 Å². The van der Waals surface area contributed by atoms with Gasteiger partial charge in [-0.2, -0.15) is 13.2 Å². The van der Waals surface area contributed by atoms with Crippen molar-refractivity contribution in [3.63, 3.8) is 0 Å². The summed E-state index contributed by atoms with van der Waals surface area (Å²) in [5.41, 5.74) is 0.0850. The van der Waals surface area contributed by atoms with Gasteiger partial charge >= 0.3 is 12.1 Å². The number of hydrogen-bond donors (Lipinski definition) is 0. The third-order valence-corrected chi connectivity index (χ3v) is 4.38. The molecule has 0 fully saturated rings. The third-order valence-electron chi connectivity index (χ3n) is 4.38. The molecule has 24 heavy (non-hydrogen) atoms. The maximum Gasteiger partial charge on any atom is 0.429 e. The number of esters is 1. The molecule has 3 rings (SSSR count). The molecule has 126 valence electrons. The lowest BCUT2D eigenvalue weighted by Crippen LogP contribution is -2.55. The van der Waals surface area contributed by atoms with Gasteiger partial charge in [0, 0.05) is 12.8 Å². The summed E-state index contributed by atoms with van der Waals surface area (Å²) in [4.78, 5) is 12.3. The molecule has 0 aliphatic carbocycles. The molecule has 0 saturated heterocycles. The minimum absolute atomic E-state index is 0.258. The normalized spacial score (nSPS) is 20.5. The maximum atomic E-state index is 13.9. The molecule has 1 aliphatic heterocycles. The number of rotatable bonds is 2. The van der Waals surface area contributed by atoms with E-state index in [1.807, 2.05) is 0 Å². The van der Waals surface area contributed by atoms with Crippen LogP contribution in [0.3, 0.4) is 0 Å². The number of carbonyl (C=O) groups is 1. The summed E-state index contributed by atoms with van der Waals surface area (Å²) in [5.74, 6) is -0.901. The monoisotopic (exact) mass is 334 g/mol. The number of fused-ring (bicyclic) bond motifs is 1. The lowest BCUT2D eigenvalue weighted by atomic mass is 9.81. The Morgan fingerprint density at radius 2 is 1.79 bits per heavy atom. The van der Waals surface area contributed by atoms with Gasteiger partial charge in [-0.15, -0.1) is 0 Å². The first-order valence-corrected chi connectivity index (χ1v) is 7.66. The first kappa shape index (κ1) is 16.6. The van der Waals surface area contributed by atoms with Gasteiger partial charge in [-0.3, -0.25) is 0 Å². The van der Waals surface area contributed by atoms with E-state index >= 15 is 0 Å². The van der Waals surface area contributed by atoms with Crippen molar-refractivity contribution < 1.29 is 22.7 Å². The number of cyclic esters (lactones) is 1. The standard InChI is InChI=1S/C19H17F3O2/c1-12-8-13(2)16-15(9-12)11-18(19(20,21)22,24-17(16)23)10-14-6-4-3-5-7-14/h3-9H,10-11H2,1-2H3. The minimum Gasteiger partial charge on any atom is -0.445 e. The van der Waals surface area contributed by atoms with Crippen LogP contribution in [0.2, 0.25) is 0 Å². The smallest absolute Gasteiger partial charge is 0.429 e. The van der Waals surface area contributed by atoms with Crippen molar-refractivity contribution in [2.24, 2.45) is 0 Å². The van der Waals surface area contributed by atoms with Crippen molar-refractivity contribution in [2.45, 2.75) is 38.5 Å². The van der Waals surface area contributed by atoms with Crippen LogP contribution >= 0.6 is 0 Å². The number of aryl methyl sites for hydroxylation is 2. The SMILES string of the molecule is Cc1cc(C)c2c(c1)CC(Cc1ccccc1)(C(F)(F)F)OC2=O. The van der Waals surface area contributed by atoms with Crippen LogP contribution in [-0.4, -0.2) is 17.7 Å². The molecule has 0 bridgehead atoms. The van der Waals surface area contributed by atoms with Gasteiger partial charge in [0.15, 0.2) is 0 Å². The summed E-state index contributed by atoms with van der Waals surface area (Å²) in [6.07, 6.45) is -5.42. The van der Waals surface area contributed by atoms with Crippen LogP contribution in [0.15, 0.2) is 42.5 Å². The van der Waals surface area contributed by atoms with E-state index in [9.17, 15) is 18.0 Å². The van der Waals surface area contributed by atoms with E-state index in [4.69, 9.17) is 4.74 Å². The van der Waals surface area contributed by atoms with E-state index in [0.717, 1.165) is 5.56 Å². The van der Waals surface area contributed by atoms with Crippen LogP contribution in [0.25, 0.3) is 0 Å². The summed E-state index contributed by atoms with van der Waals surface area (Å²) in [5, 5.41) is 0. The third kappa shape index (κ3) is 2.79. The van der Waals surface area contributed by atoms with E-state index in [1.54, 1.807) is 56.3 Å². The van der Waals surface area contributed by atoms with Crippen molar-refractivity contribution in [3.05, 3.63) is 70.3 Å². The predicted molar refractivity (Wildman–Crippen MR) is 84.0 cm³/mol. The van der Waals surface area contributed by atoms with E-state index in [-0.39, 0.29) is 12.0 Å². The van der Waals surface area contributed by atoms with Gasteiger partial charge < -0.3 is 4.74 Å². The molecule has 0 radical (unpaired) electrons. The number of carbonyl (C=O) groups excluding carboxylic acids is 1. The van der Waals surface area contributed by atoms with Gasteiger partial charge in [0.25, 0.3) is 0 Å². The van der Waals surface area contributed by atoms with Gasteiger partial charge in [-0.05, 0) is 30.5 Å². The number of ether oxygens (including phenoxy) is 1. The Hall–Kier alpha value is -2.30. The fourth-order valence-electron chi connectivity index (χ4n) is 3.34. The van der Waals surface area contributed by atoms with Crippen molar-refractivity contribution in [3.8, 4) is 0 Å². The van der Waals surface area contributed by atoms with Crippen molar-refractivity contribution in [1.82, 2.24) is 0 Å². The fraction of sp³-hybridized carbons (Fsp3) is 0.316. The lowest BCUT2D eigenvalue weighted by molar-refractivity contribution is -0.260. The zero-order valence-electron chi connectivity index (χ0n) is 13.4. The summed E-state index contributed by atoms with van der Waals surface area (Å²) >= 11 is 0. The maximum absolute atomic E-state index is 13.9. The zero-order valence-corrected chi connectivity index (χ0v) is 13.4. The number of halogens is 3. The van der Waals surface area contributed by atoms with Crippen molar-refractivity contribution >= 4 is 5.97 Å². The number of alkyl halides is 3. The lowest BCUT2D eigenvalue weighted by Gasteiger charge is -2.39. The van der Waals surface area contributed by atoms with Crippen LogP contribution < -0.4 is 0 Å². The molecule has 1 aliphatic rings. The molecule has 1 atom stereocenters. The fourth-order valence-corrected chi connectivity index (χ4v) is 3.34. The highest BCUT2D eigenvalue weighted by Gasteiger charge is 2.60. The first-order valence-electron chi connectivity index (χ1n) is 7.66. The number of hydrogen-bond acceptors (Lipinski definition) is 2.